The third-order valence-corrected chi connectivity index (χ3v) is 3.78. The number of halogens is 1. The predicted octanol–water partition coefficient (Wildman–Crippen LogP) is 1.48. The van der Waals surface area contributed by atoms with Gasteiger partial charge >= 0.3 is 0 Å². The minimum atomic E-state index is -0.115. The Kier molecular flexibility index (Phi) is 6.29. The van der Waals surface area contributed by atoms with Crippen molar-refractivity contribution in [3.8, 4) is 5.75 Å². The van der Waals surface area contributed by atoms with Crippen LogP contribution in [0.4, 0.5) is 0 Å². The number of benzene rings is 1. The van der Waals surface area contributed by atoms with E-state index in [1.807, 2.05) is 13.0 Å². The van der Waals surface area contributed by atoms with Crippen LogP contribution in [0.1, 0.15) is 5.56 Å². The van der Waals surface area contributed by atoms with Crippen molar-refractivity contribution in [1.29, 1.82) is 0 Å². The second-order valence-corrected chi connectivity index (χ2v) is 5.41. The molecule has 6 heteroatoms. The van der Waals surface area contributed by atoms with Gasteiger partial charge in [-0.15, -0.1) is 0 Å². The van der Waals surface area contributed by atoms with Crippen molar-refractivity contribution >= 4 is 17.5 Å². The van der Waals surface area contributed by atoms with E-state index in [1.165, 1.54) is 0 Å². The number of nitrogens with zero attached hydrogens (tertiary/aromatic N) is 1. The fourth-order valence-electron chi connectivity index (χ4n) is 2.09. The Morgan fingerprint density at radius 3 is 2.90 bits per heavy atom. The summed E-state index contributed by atoms with van der Waals surface area (Å²) in [6.45, 7) is 6.78. The number of carbonyl (C=O) groups is 1. The van der Waals surface area contributed by atoms with Crippen LogP contribution in [0.25, 0.3) is 0 Å². The third kappa shape index (κ3) is 5.53. The Bertz CT molecular complexity index is 476. The van der Waals surface area contributed by atoms with Crippen LogP contribution in [0.2, 0.25) is 5.02 Å². The minimum absolute atomic E-state index is 0.0180. The van der Waals surface area contributed by atoms with Crippen LogP contribution in [0.3, 0.4) is 0 Å². The van der Waals surface area contributed by atoms with Gasteiger partial charge < -0.3 is 14.8 Å². The Morgan fingerprint density at radius 2 is 2.19 bits per heavy atom. The van der Waals surface area contributed by atoms with Crippen molar-refractivity contribution < 1.29 is 14.3 Å². The van der Waals surface area contributed by atoms with E-state index >= 15 is 0 Å². The van der Waals surface area contributed by atoms with Crippen LogP contribution in [-0.2, 0) is 9.53 Å². The number of rotatable bonds is 6. The SMILES string of the molecule is Cc1cc(OCC(=O)NCCN2CCOCC2)ccc1Cl. The summed E-state index contributed by atoms with van der Waals surface area (Å²) >= 11 is 5.94. The van der Waals surface area contributed by atoms with Crippen molar-refractivity contribution in [3.63, 3.8) is 0 Å². The molecule has 1 fully saturated rings. The van der Waals surface area contributed by atoms with Crippen LogP contribution in [0.15, 0.2) is 18.2 Å². The zero-order valence-corrected chi connectivity index (χ0v) is 13.0. The lowest BCUT2D eigenvalue weighted by atomic mass is 10.2. The molecular weight excluding hydrogens is 292 g/mol. The highest BCUT2D eigenvalue weighted by Gasteiger charge is 2.10. The van der Waals surface area contributed by atoms with Crippen molar-refractivity contribution in [2.24, 2.45) is 0 Å². The molecule has 5 nitrogen and oxygen atoms in total. The summed E-state index contributed by atoms with van der Waals surface area (Å²) in [5, 5.41) is 3.55. The highest BCUT2D eigenvalue weighted by Crippen LogP contribution is 2.20. The fraction of sp³-hybridized carbons (Fsp3) is 0.533. The van der Waals surface area contributed by atoms with Gasteiger partial charge in [0.15, 0.2) is 6.61 Å². The van der Waals surface area contributed by atoms with E-state index in [1.54, 1.807) is 12.1 Å². The van der Waals surface area contributed by atoms with E-state index < -0.39 is 0 Å². The molecule has 1 heterocycles. The average molecular weight is 313 g/mol. The summed E-state index contributed by atoms with van der Waals surface area (Å²) in [6.07, 6.45) is 0. The van der Waals surface area contributed by atoms with E-state index in [4.69, 9.17) is 21.1 Å². The Hall–Kier alpha value is -1.30. The van der Waals surface area contributed by atoms with E-state index in [0.29, 0.717) is 17.3 Å². The summed E-state index contributed by atoms with van der Waals surface area (Å²) < 4.78 is 10.7. The van der Waals surface area contributed by atoms with Gasteiger partial charge in [0.2, 0.25) is 0 Å². The Balaban J connectivity index is 1.63. The van der Waals surface area contributed by atoms with Crippen LogP contribution < -0.4 is 10.1 Å². The monoisotopic (exact) mass is 312 g/mol. The van der Waals surface area contributed by atoms with Crippen LogP contribution >= 0.6 is 11.6 Å². The number of nitrogens with one attached hydrogen (secondary N) is 1. The van der Waals surface area contributed by atoms with Crippen LogP contribution in [-0.4, -0.2) is 56.8 Å². The molecule has 0 radical (unpaired) electrons. The second kappa shape index (κ2) is 8.22. The molecule has 2 rings (SSSR count). The lowest BCUT2D eigenvalue weighted by Crippen LogP contribution is -2.42. The first-order chi connectivity index (χ1) is 10.1. The Labute approximate surface area is 130 Å². The van der Waals surface area contributed by atoms with Gasteiger partial charge in [-0.1, -0.05) is 11.6 Å². The summed E-state index contributed by atoms with van der Waals surface area (Å²) in [6, 6.07) is 5.35. The van der Waals surface area contributed by atoms with Crippen molar-refractivity contribution in [3.05, 3.63) is 28.8 Å². The van der Waals surface area contributed by atoms with Crippen LogP contribution in [0, 0.1) is 6.92 Å². The average Bonchev–Trinajstić information content (AvgIpc) is 2.49. The first kappa shape index (κ1) is 16.1. The van der Waals surface area contributed by atoms with Gasteiger partial charge in [0, 0.05) is 31.2 Å². The highest BCUT2D eigenvalue weighted by atomic mass is 35.5. The van der Waals surface area contributed by atoms with E-state index in [-0.39, 0.29) is 12.5 Å². The molecule has 0 spiro atoms. The molecule has 1 aromatic carbocycles. The molecule has 0 unspecified atom stereocenters. The zero-order chi connectivity index (χ0) is 15.1. The highest BCUT2D eigenvalue weighted by molar-refractivity contribution is 6.31. The molecule has 0 saturated carbocycles. The molecular formula is C15H21ClN2O3. The standard InChI is InChI=1S/C15H21ClN2O3/c1-12-10-13(2-3-14(12)16)21-11-15(19)17-4-5-18-6-8-20-9-7-18/h2-3,10H,4-9,11H2,1H3,(H,17,19). The topological polar surface area (TPSA) is 50.8 Å². The van der Waals surface area contributed by atoms with Crippen molar-refractivity contribution in [1.82, 2.24) is 10.2 Å². The van der Waals surface area contributed by atoms with Gasteiger partial charge in [-0.05, 0) is 30.7 Å². The summed E-state index contributed by atoms with van der Waals surface area (Å²) in [4.78, 5) is 14.0. The minimum Gasteiger partial charge on any atom is -0.484 e. The molecule has 0 bridgehead atoms. The van der Waals surface area contributed by atoms with Gasteiger partial charge in [-0.25, -0.2) is 0 Å². The number of amides is 1. The van der Waals surface area contributed by atoms with E-state index in [0.717, 1.165) is 38.4 Å². The first-order valence-electron chi connectivity index (χ1n) is 7.11. The largest absolute Gasteiger partial charge is 0.484 e. The molecule has 1 saturated heterocycles. The zero-order valence-electron chi connectivity index (χ0n) is 12.2. The molecule has 116 valence electrons. The number of aryl methyl sites for hydroxylation is 1. The molecule has 1 amide bonds. The van der Waals surface area contributed by atoms with Gasteiger partial charge in [0.1, 0.15) is 5.75 Å². The fourth-order valence-corrected chi connectivity index (χ4v) is 2.20. The number of hydrogen-bond donors (Lipinski definition) is 1. The number of carbonyl (C=O) groups excluding carboxylic acids is 1. The Morgan fingerprint density at radius 1 is 1.43 bits per heavy atom. The lowest BCUT2D eigenvalue weighted by molar-refractivity contribution is -0.123. The molecule has 1 aromatic rings. The summed E-state index contributed by atoms with van der Waals surface area (Å²) in [7, 11) is 0. The number of morpholine rings is 1. The number of ether oxygens (including phenoxy) is 2. The quantitative estimate of drug-likeness (QED) is 0.864. The molecule has 1 N–H and O–H groups in total. The van der Waals surface area contributed by atoms with E-state index in [9.17, 15) is 4.79 Å². The molecule has 0 aliphatic carbocycles. The summed E-state index contributed by atoms with van der Waals surface area (Å²) in [5.41, 5.74) is 0.932. The molecule has 0 aromatic heterocycles. The second-order valence-electron chi connectivity index (χ2n) is 5.00. The third-order valence-electron chi connectivity index (χ3n) is 3.35. The maximum Gasteiger partial charge on any atom is 0.257 e. The maximum absolute atomic E-state index is 11.7. The van der Waals surface area contributed by atoms with Gasteiger partial charge in [0.05, 0.1) is 13.2 Å². The van der Waals surface area contributed by atoms with Crippen molar-refractivity contribution in [2.45, 2.75) is 6.92 Å². The van der Waals surface area contributed by atoms with E-state index in [2.05, 4.69) is 10.2 Å². The molecule has 1 aliphatic rings. The summed E-state index contributed by atoms with van der Waals surface area (Å²) in [5.74, 6) is 0.538. The molecule has 1 aliphatic heterocycles. The first-order valence-corrected chi connectivity index (χ1v) is 7.49. The van der Waals surface area contributed by atoms with Gasteiger partial charge in [-0.2, -0.15) is 0 Å². The molecule has 0 atom stereocenters. The predicted molar refractivity (Wildman–Crippen MR) is 82.0 cm³/mol. The van der Waals surface area contributed by atoms with Gasteiger partial charge in [0.25, 0.3) is 5.91 Å². The normalized spacial score (nSPS) is 15.7. The molecule has 21 heavy (non-hydrogen) atoms. The van der Waals surface area contributed by atoms with Crippen molar-refractivity contribution in [2.75, 3.05) is 46.0 Å². The maximum atomic E-state index is 11.7. The lowest BCUT2D eigenvalue weighted by Gasteiger charge is -2.26. The van der Waals surface area contributed by atoms with Gasteiger partial charge in [-0.3, -0.25) is 9.69 Å². The smallest absolute Gasteiger partial charge is 0.257 e. The number of hydrogen-bond acceptors (Lipinski definition) is 4. The van der Waals surface area contributed by atoms with Crippen LogP contribution in [0.5, 0.6) is 5.75 Å².